The Bertz CT molecular complexity index is 3650. The van der Waals surface area contributed by atoms with E-state index in [1.165, 1.54) is 33.0 Å². The number of benzene rings is 10. The lowest BCUT2D eigenvalue weighted by Crippen LogP contribution is -1.97. The fourth-order valence-corrected chi connectivity index (χ4v) is 9.55. The normalized spacial score (nSPS) is 11.1. The Morgan fingerprint density at radius 2 is 0.614 bits per heavy atom. The highest BCUT2D eigenvalue weighted by molar-refractivity contribution is 5.97. The number of pyridine rings is 1. The molecule has 0 saturated heterocycles. The molecule has 3 heteroatoms. The van der Waals surface area contributed by atoms with Crippen LogP contribution in [0.4, 0.5) is 0 Å². The molecule has 0 radical (unpaired) electrons. The maximum atomic E-state index is 5.39. The number of fused-ring (bicyclic) bond motifs is 1. The second-order valence-corrected chi connectivity index (χ2v) is 17.6. The van der Waals surface area contributed by atoms with Crippen molar-refractivity contribution < 1.29 is 0 Å². The summed E-state index contributed by atoms with van der Waals surface area (Å²) in [6.07, 6.45) is 3.83. The van der Waals surface area contributed by atoms with Crippen molar-refractivity contribution in [2.45, 2.75) is 0 Å². The van der Waals surface area contributed by atoms with Gasteiger partial charge in [-0.25, -0.2) is 9.97 Å². The molecule has 70 heavy (non-hydrogen) atoms. The van der Waals surface area contributed by atoms with E-state index in [9.17, 15) is 0 Å². The van der Waals surface area contributed by atoms with E-state index in [1.54, 1.807) is 0 Å². The molecule has 0 N–H and O–H groups in total. The van der Waals surface area contributed by atoms with Crippen molar-refractivity contribution in [3.05, 3.63) is 273 Å². The van der Waals surface area contributed by atoms with Crippen molar-refractivity contribution in [1.82, 2.24) is 15.0 Å². The van der Waals surface area contributed by atoms with Crippen molar-refractivity contribution in [3.63, 3.8) is 0 Å². The zero-order valence-corrected chi connectivity index (χ0v) is 38.3. The zero-order valence-electron chi connectivity index (χ0n) is 38.3. The molecule has 12 aromatic rings. The summed E-state index contributed by atoms with van der Waals surface area (Å²) in [7, 11) is 0. The second kappa shape index (κ2) is 18.8. The molecule has 0 atom stereocenters. The van der Waals surface area contributed by atoms with Crippen molar-refractivity contribution in [3.8, 4) is 112 Å². The SMILES string of the molecule is c1ccc(-c2ccc(-c3cc(-c4ccc(-c5ccccc5)cc4)nc(-c4cc(-c5ccc(-c6ccncc6-c6ccccc6)cc5)cc(-c5ccc(-c6cccc7ccccc67)cc5)c4)n3)cc2)cc1. The molecule has 0 unspecified atom stereocenters. The van der Waals surface area contributed by atoms with Crippen LogP contribution in [-0.4, -0.2) is 15.0 Å². The van der Waals surface area contributed by atoms with E-state index < -0.39 is 0 Å². The van der Waals surface area contributed by atoms with Crippen LogP contribution in [0.25, 0.3) is 123 Å². The third kappa shape index (κ3) is 8.60. The van der Waals surface area contributed by atoms with Crippen molar-refractivity contribution >= 4 is 10.8 Å². The van der Waals surface area contributed by atoms with E-state index in [1.807, 2.05) is 18.5 Å². The summed E-state index contributed by atoms with van der Waals surface area (Å²) in [5, 5.41) is 2.47. The predicted molar refractivity (Wildman–Crippen MR) is 292 cm³/mol. The van der Waals surface area contributed by atoms with E-state index in [4.69, 9.17) is 9.97 Å². The summed E-state index contributed by atoms with van der Waals surface area (Å²) in [4.78, 5) is 15.3. The zero-order chi connectivity index (χ0) is 46.6. The van der Waals surface area contributed by atoms with E-state index in [0.29, 0.717) is 5.82 Å². The molecular weight excluding hydrogens is 847 g/mol. The smallest absolute Gasteiger partial charge is 0.160 e. The van der Waals surface area contributed by atoms with Gasteiger partial charge in [0.2, 0.25) is 0 Å². The summed E-state index contributed by atoms with van der Waals surface area (Å²) in [5.74, 6) is 0.656. The Morgan fingerprint density at radius 3 is 1.16 bits per heavy atom. The van der Waals surface area contributed by atoms with Gasteiger partial charge >= 0.3 is 0 Å². The van der Waals surface area contributed by atoms with Crippen LogP contribution in [0, 0.1) is 0 Å². The number of rotatable bonds is 10. The van der Waals surface area contributed by atoms with E-state index in [0.717, 1.165) is 83.7 Å². The number of hydrogen-bond acceptors (Lipinski definition) is 3. The van der Waals surface area contributed by atoms with Crippen LogP contribution in [-0.2, 0) is 0 Å². The summed E-state index contributed by atoms with van der Waals surface area (Å²) >= 11 is 0. The first-order chi connectivity index (χ1) is 34.7. The van der Waals surface area contributed by atoms with Crippen molar-refractivity contribution in [2.75, 3.05) is 0 Å². The van der Waals surface area contributed by atoms with Crippen LogP contribution in [0.3, 0.4) is 0 Å². The van der Waals surface area contributed by atoms with E-state index in [2.05, 4.69) is 260 Å². The molecule has 0 fully saturated rings. The van der Waals surface area contributed by atoms with Gasteiger partial charge in [-0.05, 0) is 113 Å². The van der Waals surface area contributed by atoms with Crippen LogP contribution >= 0.6 is 0 Å². The van der Waals surface area contributed by atoms with Gasteiger partial charge in [-0.2, -0.15) is 0 Å². The van der Waals surface area contributed by atoms with Gasteiger partial charge in [0.1, 0.15) is 0 Å². The quantitative estimate of drug-likeness (QED) is 0.137. The van der Waals surface area contributed by atoms with Gasteiger partial charge in [0.25, 0.3) is 0 Å². The lowest BCUT2D eigenvalue weighted by atomic mass is 9.92. The lowest BCUT2D eigenvalue weighted by Gasteiger charge is -2.14. The summed E-state index contributed by atoms with van der Waals surface area (Å²) in [5.41, 5.74) is 20.6. The van der Waals surface area contributed by atoms with Gasteiger partial charge in [-0.3, -0.25) is 4.98 Å². The standard InChI is InChI=1S/C67H45N3/c1-4-13-46(14-5-1)48-27-35-56(36-28-48)65-44-66(57-37-29-49(30-38-57)47-15-6-2-7-16-47)70-67(69-65)60-42-58(50-23-31-54(32-24-50)62-22-12-20-52-19-10-11-21-61(52)62)41-59(43-60)51-25-33-55(34-26-51)63-39-40-68-45-64(63)53-17-8-3-9-18-53/h1-45H. The topological polar surface area (TPSA) is 38.7 Å². The van der Waals surface area contributed by atoms with Gasteiger partial charge in [-0.1, -0.05) is 231 Å². The van der Waals surface area contributed by atoms with Crippen molar-refractivity contribution in [2.24, 2.45) is 0 Å². The monoisotopic (exact) mass is 891 g/mol. The van der Waals surface area contributed by atoms with Gasteiger partial charge in [-0.15, -0.1) is 0 Å². The molecule has 3 nitrogen and oxygen atoms in total. The number of nitrogens with zero attached hydrogens (tertiary/aromatic N) is 3. The first-order valence-electron chi connectivity index (χ1n) is 23.7. The Labute approximate surface area is 408 Å². The maximum Gasteiger partial charge on any atom is 0.160 e. The van der Waals surface area contributed by atoms with Gasteiger partial charge in [0.05, 0.1) is 11.4 Å². The summed E-state index contributed by atoms with van der Waals surface area (Å²) in [6.45, 7) is 0. The van der Waals surface area contributed by atoms with Crippen LogP contribution < -0.4 is 0 Å². The highest BCUT2D eigenvalue weighted by Crippen LogP contribution is 2.38. The first kappa shape index (κ1) is 42.1. The Morgan fingerprint density at radius 1 is 0.229 bits per heavy atom. The summed E-state index contributed by atoms with van der Waals surface area (Å²) in [6, 6.07) is 92.8. The fraction of sp³-hybridized carbons (Fsp3) is 0. The van der Waals surface area contributed by atoms with Crippen LogP contribution in [0.5, 0.6) is 0 Å². The molecule has 0 aliphatic carbocycles. The summed E-state index contributed by atoms with van der Waals surface area (Å²) < 4.78 is 0. The van der Waals surface area contributed by atoms with Crippen LogP contribution in [0.2, 0.25) is 0 Å². The Balaban J connectivity index is 0.991. The third-order valence-corrected chi connectivity index (χ3v) is 13.2. The highest BCUT2D eigenvalue weighted by atomic mass is 14.9. The fourth-order valence-electron chi connectivity index (χ4n) is 9.55. The van der Waals surface area contributed by atoms with Crippen LogP contribution in [0.1, 0.15) is 0 Å². The minimum Gasteiger partial charge on any atom is -0.264 e. The minimum absolute atomic E-state index is 0.656. The third-order valence-electron chi connectivity index (χ3n) is 13.2. The molecule has 0 aliphatic heterocycles. The van der Waals surface area contributed by atoms with Crippen LogP contribution in [0.15, 0.2) is 273 Å². The average molecular weight is 892 g/mol. The second-order valence-electron chi connectivity index (χ2n) is 17.6. The molecule has 0 saturated carbocycles. The average Bonchev–Trinajstić information content (AvgIpc) is 3.45. The minimum atomic E-state index is 0.656. The molecule has 328 valence electrons. The van der Waals surface area contributed by atoms with Gasteiger partial charge in [0, 0.05) is 34.6 Å². The highest BCUT2D eigenvalue weighted by Gasteiger charge is 2.16. The number of aromatic nitrogens is 3. The van der Waals surface area contributed by atoms with E-state index in [-0.39, 0.29) is 0 Å². The maximum absolute atomic E-state index is 5.39. The van der Waals surface area contributed by atoms with Gasteiger partial charge in [0.15, 0.2) is 5.82 Å². The molecular formula is C67H45N3. The molecule has 0 spiro atoms. The van der Waals surface area contributed by atoms with E-state index >= 15 is 0 Å². The lowest BCUT2D eigenvalue weighted by molar-refractivity contribution is 1.18. The Kier molecular flexibility index (Phi) is 11.3. The predicted octanol–water partition coefficient (Wildman–Crippen LogP) is 17.7. The molecule has 0 bridgehead atoms. The molecule has 10 aromatic carbocycles. The molecule has 12 rings (SSSR count). The molecule has 0 aliphatic rings. The molecule has 2 aromatic heterocycles. The molecule has 0 amide bonds. The van der Waals surface area contributed by atoms with Crippen molar-refractivity contribution in [1.29, 1.82) is 0 Å². The first-order valence-corrected chi connectivity index (χ1v) is 23.7. The Hall–Kier alpha value is -9.31. The van der Waals surface area contributed by atoms with Gasteiger partial charge < -0.3 is 0 Å². The number of hydrogen-bond donors (Lipinski definition) is 0. The molecule has 2 heterocycles. The largest absolute Gasteiger partial charge is 0.264 e.